The van der Waals surface area contributed by atoms with Gasteiger partial charge in [-0.25, -0.2) is 0 Å². The van der Waals surface area contributed by atoms with Crippen LogP contribution in [-0.4, -0.2) is 23.2 Å². The van der Waals surface area contributed by atoms with E-state index in [1.807, 2.05) is 0 Å². The largest absolute Gasteiger partial charge is 0.426 e. The number of halogens is 6. The van der Waals surface area contributed by atoms with Gasteiger partial charge in [0.1, 0.15) is 5.75 Å². The second-order valence-corrected chi connectivity index (χ2v) is 3.69. The summed E-state index contributed by atoms with van der Waals surface area (Å²) in [4.78, 5) is 20.5. The summed E-state index contributed by atoms with van der Waals surface area (Å²) in [6.45, 7) is 0. The van der Waals surface area contributed by atoms with Gasteiger partial charge in [-0.2, -0.15) is 26.3 Å². The summed E-state index contributed by atoms with van der Waals surface area (Å²) in [7, 11) is 0. The molecule has 116 valence electrons. The molecule has 0 aliphatic heterocycles. The van der Waals surface area contributed by atoms with Crippen molar-refractivity contribution in [1.29, 1.82) is 0 Å². The number of esters is 1. The predicted molar refractivity (Wildman–Crippen MR) is 54.3 cm³/mol. The number of nitro groups is 1. The molecule has 0 aliphatic rings. The SMILES string of the molecule is O=C(Oc1ccc([N+](=O)[O-])cc1)C(C(F)(F)F)C(F)(F)F. The van der Waals surface area contributed by atoms with Gasteiger partial charge < -0.3 is 4.74 Å². The first kappa shape index (κ1) is 16.7. The molecular weight excluding hydrogens is 312 g/mol. The quantitative estimate of drug-likeness (QED) is 0.282. The summed E-state index contributed by atoms with van der Waals surface area (Å²) in [6, 6.07) is 2.94. The van der Waals surface area contributed by atoms with Crippen molar-refractivity contribution in [2.24, 2.45) is 5.92 Å². The van der Waals surface area contributed by atoms with Gasteiger partial charge in [-0.1, -0.05) is 0 Å². The Labute approximate surface area is 112 Å². The van der Waals surface area contributed by atoms with Crippen LogP contribution in [0.25, 0.3) is 0 Å². The van der Waals surface area contributed by atoms with Gasteiger partial charge in [0.05, 0.1) is 4.92 Å². The molecule has 0 spiro atoms. The number of benzene rings is 1. The molecule has 0 fully saturated rings. The van der Waals surface area contributed by atoms with Crippen molar-refractivity contribution in [3.63, 3.8) is 0 Å². The Balaban J connectivity index is 2.95. The standard InChI is InChI=1S/C10H5F6NO4/c11-9(12,13)7(10(14,15)16)8(18)21-6-3-1-5(2-4-6)17(19)20/h1-4,7H. The van der Waals surface area contributed by atoms with Gasteiger partial charge in [-0.3, -0.25) is 14.9 Å². The number of alkyl halides is 6. The lowest BCUT2D eigenvalue weighted by Crippen LogP contribution is -2.44. The fourth-order valence-electron chi connectivity index (χ4n) is 1.26. The Hall–Kier alpha value is -2.33. The van der Waals surface area contributed by atoms with Crippen LogP contribution < -0.4 is 4.74 Å². The molecule has 0 heterocycles. The van der Waals surface area contributed by atoms with Crippen LogP contribution in [-0.2, 0) is 4.79 Å². The number of carbonyl (C=O) groups is 1. The Kier molecular flexibility index (Phi) is 4.44. The first-order chi connectivity index (χ1) is 9.43. The van der Waals surface area contributed by atoms with E-state index in [1.54, 1.807) is 0 Å². The van der Waals surface area contributed by atoms with Crippen LogP contribution in [0.3, 0.4) is 0 Å². The van der Waals surface area contributed by atoms with E-state index in [0.29, 0.717) is 12.1 Å². The molecule has 1 rings (SSSR count). The van der Waals surface area contributed by atoms with Crippen LogP contribution >= 0.6 is 0 Å². The van der Waals surface area contributed by atoms with Gasteiger partial charge in [0.15, 0.2) is 0 Å². The zero-order valence-corrected chi connectivity index (χ0v) is 9.73. The molecule has 11 heteroatoms. The molecule has 0 aliphatic carbocycles. The van der Waals surface area contributed by atoms with Crippen LogP contribution in [0.2, 0.25) is 0 Å². The van der Waals surface area contributed by atoms with E-state index >= 15 is 0 Å². The highest BCUT2D eigenvalue weighted by Crippen LogP contribution is 2.40. The van der Waals surface area contributed by atoms with Crippen LogP contribution in [0, 0.1) is 16.0 Å². The monoisotopic (exact) mass is 317 g/mol. The third-order valence-electron chi connectivity index (χ3n) is 2.16. The van der Waals surface area contributed by atoms with Gasteiger partial charge in [-0.05, 0) is 12.1 Å². The first-order valence-corrected chi connectivity index (χ1v) is 5.02. The highest BCUT2D eigenvalue weighted by atomic mass is 19.4. The molecule has 1 aromatic rings. The summed E-state index contributed by atoms with van der Waals surface area (Å²) in [5, 5.41) is 10.3. The first-order valence-electron chi connectivity index (χ1n) is 5.02. The molecule has 0 saturated heterocycles. The highest BCUT2D eigenvalue weighted by molar-refractivity contribution is 5.76. The minimum atomic E-state index is -5.86. The number of nitrogens with zero attached hydrogens (tertiary/aromatic N) is 1. The molecule has 21 heavy (non-hydrogen) atoms. The van der Waals surface area contributed by atoms with E-state index < -0.39 is 40.6 Å². The van der Waals surface area contributed by atoms with Gasteiger partial charge >= 0.3 is 18.3 Å². The third kappa shape index (κ3) is 4.33. The number of carbonyl (C=O) groups excluding carboxylic acids is 1. The minimum absolute atomic E-state index is 0.474. The normalized spacial score (nSPS) is 12.3. The summed E-state index contributed by atoms with van der Waals surface area (Å²) >= 11 is 0. The maximum Gasteiger partial charge on any atom is 0.411 e. The summed E-state index contributed by atoms with van der Waals surface area (Å²) in [5.74, 6) is -7.53. The Morgan fingerprint density at radius 2 is 1.48 bits per heavy atom. The van der Waals surface area contributed by atoms with Crippen LogP contribution in [0.1, 0.15) is 0 Å². The number of hydrogen-bond acceptors (Lipinski definition) is 4. The lowest BCUT2D eigenvalue weighted by atomic mass is 10.1. The van der Waals surface area contributed by atoms with Gasteiger partial charge in [0.2, 0.25) is 5.92 Å². The van der Waals surface area contributed by atoms with E-state index in [1.165, 1.54) is 0 Å². The average molecular weight is 317 g/mol. The van der Waals surface area contributed by atoms with Crippen LogP contribution in [0.15, 0.2) is 24.3 Å². The third-order valence-corrected chi connectivity index (χ3v) is 2.16. The molecule has 0 saturated carbocycles. The Morgan fingerprint density at radius 1 is 1.05 bits per heavy atom. The molecule has 0 aromatic heterocycles. The molecular formula is C10H5F6NO4. The van der Waals surface area contributed by atoms with Crippen LogP contribution in [0.4, 0.5) is 32.0 Å². The summed E-state index contributed by atoms with van der Waals surface area (Å²) < 4.78 is 77.3. The maximum absolute atomic E-state index is 12.2. The fourth-order valence-corrected chi connectivity index (χ4v) is 1.26. The van der Waals surface area contributed by atoms with E-state index in [2.05, 4.69) is 4.74 Å². The molecule has 0 bridgehead atoms. The smallest absolute Gasteiger partial charge is 0.411 e. The van der Waals surface area contributed by atoms with Gasteiger partial charge in [0.25, 0.3) is 5.69 Å². The molecule has 0 unspecified atom stereocenters. The van der Waals surface area contributed by atoms with E-state index in [9.17, 15) is 41.3 Å². The fraction of sp³-hybridized carbons (Fsp3) is 0.300. The zero-order chi connectivity index (χ0) is 16.4. The summed E-state index contributed by atoms with van der Waals surface area (Å²) in [6.07, 6.45) is -11.7. The lowest BCUT2D eigenvalue weighted by molar-refractivity contribution is -0.384. The van der Waals surface area contributed by atoms with Crippen molar-refractivity contribution in [2.45, 2.75) is 12.4 Å². The van der Waals surface area contributed by atoms with Gasteiger partial charge in [0, 0.05) is 12.1 Å². The van der Waals surface area contributed by atoms with Gasteiger partial charge in [-0.15, -0.1) is 0 Å². The van der Waals surface area contributed by atoms with Crippen LogP contribution in [0.5, 0.6) is 5.75 Å². The van der Waals surface area contributed by atoms with E-state index in [0.717, 1.165) is 12.1 Å². The Bertz CT molecular complexity index is 522. The zero-order valence-electron chi connectivity index (χ0n) is 9.73. The molecule has 0 N–H and O–H groups in total. The Morgan fingerprint density at radius 3 is 1.81 bits per heavy atom. The van der Waals surface area contributed by atoms with E-state index in [4.69, 9.17) is 0 Å². The second kappa shape index (κ2) is 5.58. The second-order valence-electron chi connectivity index (χ2n) is 3.69. The molecule has 1 aromatic carbocycles. The number of rotatable bonds is 3. The number of ether oxygens (including phenoxy) is 1. The molecule has 0 atom stereocenters. The minimum Gasteiger partial charge on any atom is -0.426 e. The van der Waals surface area contributed by atoms with Crippen molar-refractivity contribution in [3.05, 3.63) is 34.4 Å². The summed E-state index contributed by atoms with van der Waals surface area (Å²) in [5.41, 5.74) is -0.474. The maximum atomic E-state index is 12.2. The number of nitro benzene ring substituents is 1. The number of non-ortho nitro benzene ring substituents is 1. The predicted octanol–water partition coefficient (Wildman–Crippen LogP) is 3.24. The van der Waals surface area contributed by atoms with Crippen molar-refractivity contribution >= 4 is 11.7 Å². The number of hydrogen-bond donors (Lipinski definition) is 0. The average Bonchev–Trinajstić information content (AvgIpc) is 2.25. The molecule has 0 amide bonds. The van der Waals surface area contributed by atoms with Crippen molar-refractivity contribution in [1.82, 2.24) is 0 Å². The highest BCUT2D eigenvalue weighted by Gasteiger charge is 2.62. The van der Waals surface area contributed by atoms with Crippen molar-refractivity contribution < 1.29 is 40.8 Å². The lowest BCUT2D eigenvalue weighted by Gasteiger charge is -2.21. The molecule has 5 nitrogen and oxygen atoms in total. The van der Waals surface area contributed by atoms with E-state index in [-0.39, 0.29) is 0 Å². The van der Waals surface area contributed by atoms with Crippen molar-refractivity contribution in [2.75, 3.05) is 0 Å². The van der Waals surface area contributed by atoms with Crippen molar-refractivity contribution in [3.8, 4) is 5.75 Å². The topological polar surface area (TPSA) is 69.4 Å². The molecule has 0 radical (unpaired) electrons.